The Morgan fingerprint density at radius 1 is 1.19 bits per heavy atom. The second-order valence-corrected chi connectivity index (χ2v) is 5.66. The number of hydrogen-bond donors (Lipinski definition) is 1. The molecule has 3 aromatic rings. The molecule has 0 atom stereocenters. The molecule has 0 unspecified atom stereocenters. The van der Waals surface area contributed by atoms with E-state index in [4.69, 9.17) is 15.8 Å². The van der Waals surface area contributed by atoms with Crippen LogP contribution in [-0.4, -0.2) is 21.3 Å². The first-order valence-corrected chi connectivity index (χ1v) is 7.50. The molecule has 4 nitrogen and oxygen atoms in total. The normalized spacial score (nSPS) is 14.7. The van der Waals surface area contributed by atoms with Gasteiger partial charge in [0, 0.05) is 17.5 Å². The van der Waals surface area contributed by atoms with Crippen molar-refractivity contribution in [3.05, 3.63) is 53.9 Å². The van der Waals surface area contributed by atoms with Gasteiger partial charge in [0.05, 0.1) is 11.2 Å². The van der Waals surface area contributed by atoms with Gasteiger partial charge in [-0.1, -0.05) is 18.2 Å². The van der Waals surface area contributed by atoms with Gasteiger partial charge in [-0.05, 0) is 49.6 Å². The summed E-state index contributed by atoms with van der Waals surface area (Å²) in [4.78, 5) is 4.80. The predicted octanol–water partition coefficient (Wildman–Crippen LogP) is 2.80. The zero-order valence-electron chi connectivity index (χ0n) is 11.9. The monoisotopic (exact) mass is 278 g/mol. The summed E-state index contributed by atoms with van der Waals surface area (Å²) in [5, 5.41) is 5.86. The van der Waals surface area contributed by atoms with Crippen LogP contribution in [0.1, 0.15) is 30.0 Å². The summed E-state index contributed by atoms with van der Waals surface area (Å²) in [7, 11) is 0. The molecule has 1 saturated carbocycles. The Hall–Kier alpha value is -2.20. The van der Waals surface area contributed by atoms with E-state index in [1.165, 1.54) is 18.5 Å². The van der Waals surface area contributed by atoms with Crippen molar-refractivity contribution in [1.82, 2.24) is 14.8 Å². The molecule has 4 heteroatoms. The van der Waals surface area contributed by atoms with Crippen LogP contribution in [0, 0.1) is 0 Å². The molecule has 0 radical (unpaired) electrons. The summed E-state index contributed by atoms with van der Waals surface area (Å²) < 4.78 is 1.91. The maximum absolute atomic E-state index is 5.76. The first kappa shape index (κ1) is 12.5. The fraction of sp³-hybridized carbons (Fsp3) is 0.294. The van der Waals surface area contributed by atoms with Crippen LogP contribution in [0.3, 0.4) is 0 Å². The summed E-state index contributed by atoms with van der Waals surface area (Å²) in [5.74, 6) is 1.57. The van der Waals surface area contributed by atoms with Crippen LogP contribution in [0.5, 0.6) is 0 Å². The van der Waals surface area contributed by atoms with E-state index in [0.29, 0.717) is 12.5 Å². The highest BCUT2D eigenvalue weighted by molar-refractivity contribution is 5.80. The SMILES string of the molecule is NCCc1cc2ccccc2nc1-n1ccc(C2CC2)n1. The van der Waals surface area contributed by atoms with Crippen molar-refractivity contribution in [1.29, 1.82) is 0 Å². The zero-order chi connectivity index (χ0) is 14.2. The van der Waals surface area contributed by atoms with Crippen LogP contribution in [0.25, 0.3) is 16.7 Å². The van der Waals surface area contributed by atoms with Crippen LogP contribution in [-0.2, 0) is 6.42 Å². The molecule has 1 fully saturated rings. The third-order valence-electron chi connectivity index (χ3n) is 4.02. The molecule has 1 aliphatic carbocycles. The van der Waals surface area contributed by atoms with Crippen molar-refractivity contribution in [2.24, 2.45) is 5.73 Å². The van der Waals surface area contributed by atoms with E-state index in [-0.39, 0.29) is 0 Å². The summed E-state index contributed by atoms with van der Waals surface area (Å²) in [5.41, 5.74) is 9.09. The molecule has 2 heterocycles. The Bertz CT molecular complexity index is 786. The standard InChI is InChI=1S/C17H18N4/c18-9-7-14-11-13-3-1-2-4-15(13)19-17(14)21-10-8-16(20-21)12-5-6-12/h1-4,8,10-12H,5-7,9,18H2. The van der Waals surface area contributed by atoms with Gasteiger partial charge < -0.3 is 5.73 Å². The predicted molar refractivity (Wildman–Crippen MR) is 83.6 cm³/mol. The molecule has 2 N–H and O–H groups in total. The summed E-state index contributed by atoms with van der Waals surface area (Å²) in [6.07, 6.45) is 5.35. The Morgan fingerprint density at radius 2 is 2.05 bits per heavy atom. The van der Waals surface area contributed by atoms with Crippen LogP contribution in [0.2, 0.25) is 0 Å². The highest BCUT2D eigenvalue weighted by Crippen LogP contribution is 2.39. The van der Waals surface area contributed by atoms with Crippen molar-refractivity contribution < 1.29 is 0 Å². The van der Waals surface area contributed by atoms with Gasteiger partial charge in [0.2, 0.25) is 0 Å². The smallest absolute Gasteiger partial charge is 0.157 e. The first-order chi connectivity index (χ1) is 10.3. The minimum absolute atomic E-state index is 0.615. The lowest BCUT2D eigenvalue weighted by atomic mass is 10.1. The average Bonchev–Trinajstić information content (AvgIpc) is 3.25. The summed E-state index contributed by atoms with van der Waals surface area (Å²) in [6, 6.07) is 12.5. The molecule has 106 valence electrons. The molecule has 1 aromatic carbocycles. The van der Waals surface area contributed by atoms with Gasteiger partial charge in [-0.15, -0.1) is 0 Å². The van der Waals surface area contributed by atoms with Crippen molar-refractivity contribution in [2.45, 2.75) is 25.2 Å². The second kappa shape index (κ2) is 4.97. The average molecular weight is 278 g/mol. The van der Waals surface area contributed by atoms with Gasteiger partial charge in [0.15, 0.2) is 5.82 Å². The van der Waals surface area contributed by atoms with Crippen LogP contribution < -0.4 is 5.73 Å². The molecule has 0 aliphatic heterocycles. The van der Waals surface area contributed by atoms with Gasteiger partial charge in [-0.25, -0.2) is 9.67 Å². The lowest BCUT2D eigenvalue weighted by molar-refractivity contribution is 0.797. The van der Waals surface area contributed by atoms with E-state index >= 15 is 0 Å². The summed E-state index contributed by atoms with van der Waals surface area (Å²) >= 11 is 0. The second-order valence-electron chi connectivity index (χ2n) is 5.66. The molecule has 1 aliphatic rings. The molecule has 0 bridgehead atoms. The van der Waals surface area contributed by atoms with Gasteiger partial charge in [0.25, 0.3) is 0 Å². The molecule has 0 saturated heterocycles. The van der Waals surface area contributed by atoms with Gasteiger partial charge in [-0.2, -0.15) is 5.10 Å². The fourth-order valence-corrected chi connectivity index (χ4v) is 2.74. The highest BCUT2D eigenvalue weighted by Gasteiger charge is 2.26. The van der Waals surface area contributed by atoms with Gasteiger partial charge in [-0.3, -0.25) is 0 Å². The van der Waals surface area contributed by atoms with E-state index in [1.54, 1.807) is 0 Å². The number of nitrogens with zero attached hydrogens (tertiary/aromatic N) is 3. The largest absolute Gasteiger partial charge is 0.330 e. The maximum atomic E-state index is 5.76. The van der Waals surface area contributed by atoms with E-state index in [2.05, 4.69) is 18.2 Å². The number of nitrogens with two attached hydrogens (primary N) is 1. The molecular weight excluding hydrogens is 260 g/mol. The Morgan fingerprint density at radius 3 is 2.86 bits per heavy atom. The number of benzene rings is 1. The molecule has 4 rings (SSSR count). The molecule has 21 heavy (non-hydrogen) atoms. The van der Waals surface area contributed by atoms with Crippen molar-refractivity contribution in [3.8, 4) is 5.82 Å². The van der Waals surface area contributed by atoms with Crippen molar-refractivity contribution >= 4 is 10.9 Å². The number of para-hydroxylation sites is 1. The highest BCUT2D eigenvalue weighted by atomic mass is 15.3. The first-order valence-electron chi connectivity index (χ1n) is 7.50. The van der Waals surface area contributed by atoms with Crippen LogP contribution >= 0.6 is 0 Å². The van der Waals surface area contributed by atoms with Crippen molar-refractivity contribution in [2.75, 3.05) is 6.54 Å². The molecule has 2 aromatic heterocycles. The quantitative estimate of drug-likeness (QED) is 0.798. The lowest BCUT2D eigenvalue weighted by Gasteiger charge is -2.10. The van der Waals surface area contributed by atoms with Crippen molar-refractivity contribution in [3.63, 3.8) is 0 Å². The topological polar surface area (TPSA) is 56.7 Å². The molecule has 0 amide bonds. The number of hydrogen-bond acceptors (Lipinski definition) is 3. The number of aromatic nitrogens is 3. The van der Waals surface area contributed by atoms with Crippen LogP contribution in [0.4, 0.5) is 0 Å². The zero-order valence-corrected chi connectivity index (χ0v) is 11.9. The lowest BCUT2D eigenvalue weighted by Crippen LogP contribution is -2.09. The van der Waals surface area contributed by atoms with E-state index < -0.39 is 0 Å². The van der Waals surface area contributed by atoms with E-state index in [1.807, 2.05) is 29.1 Å². The number of pyridine rings is 1. The third-order valence-corrected chi connectivity index (χ3v) is 4.02. The van der Waals surface area contributed by atoms with Gasteiger partial charge >= 0.3 is 0 Å². The molecular formula is C17H18N4. The summed E-state index contributed by atoms with van der Waals surface area (Å²) in [6.45, 7) is 0.615. The minimum atomic E-state index is 0.615. The molecule has 0 spiro atoms. The fourth-order valence-electron chi connectivity index (χ4n) is 2.74. The number of rotatable bonds is 4. The number of fused-ring (bicyclic) bond motifs is 1. The third kappa shape index (κ3) is 2.32. The Labute approximate surface area is 123 Å². The van der Waals surface area contributed by atoms with Gasteiger partial charge in [0.1, 0.15) is 0 Å². The van der Waals surface area contributed by atoms with E-state index in [9.17, 15) is 0 Å². The Balaban J connectivity index is 1.85. The Kier molecular flexibility index (Phi) is 2.97. The van der Waals surface area contributed by atoms with E-state index in [0.717, 1.165) is 28.7 Å². The minimum Gasteiger partial charge on any atom is -0.330 e. The van der Waals surface area contributed by atoms with Crippen LogP contribution in [0.15, 0.2) is 42.6 Å². The maximum Gasteiger partial charge on any atom is 0.157 e.